The molecule has 6 heteroatoms. The zero-order chi connectivity index (χ0) is 16.2. The number of likely N-dealkylation sites (N-methyl/N-ethyl adjacent to an activating group) is 1. The highest BCUT2D eigenvalue weighted by Gasteiger charge is 2.26. The average molecular weight is 331 g/mol. The molecule has 0 aromatic heterocycles. The molecule has 0 aliphatic rings. The smallest absolute Gasteiger partial charge is 0.243 e. The highest BCUT2D eigenvalue weighted by atomic mass is 35.5. The molecule has 0 amide bonds. The van der Waals surface area contributed by atoms with Crippen molar-refractivity contribution >= 4 is 21.6 Å². The van der Waals surface area contributed by atoms with E-state index in [2.05, 4.69) is 11.9 Å². The van der Waals surface area contributed by atoms with Crippen molar-refractivity contribution in [1.82, 2.24) is 9.62 Å². The lowest BCUT2D eigenvalue weighted by Gasteiger charge is -2.22. The Balaban J connectivity index is 3.39. The summed E-state index contributed by atoms with van der Waals surface area (Å²) in [4.78, 5) is 0.267. The molecule has 0 saturated heterocycles. The van der Waals surface area contributed by atoms with Gasteiger partial charge in [-0.15, -0.1) is 0 Å². The van der Waals surface area contributed by atoms with Crippen LogP contribution < -0.4 is 5.32 Å². The molecule has 0 aliphatic carbocycles. The van der Waals surface area contributed by atoms with Crippen molar-refractivity contribution in [3.05, 3.63) is 40.4 Å². The molecule has 0 bridgehead atoms. The lowest BCUT2D eigenvalue weighted by atomic mass is 10.1. The predicted molar refractivity (Wildman–Crippen MR) is 88.2 cm³/mol. The Labute approximate surface area is 132 Å². The number of benzene rings is 1. The number of nitrogens with zero attached hydrogens (tertiary/aromatic N) is 1. The van der Waals surface area contributed by atoms with E-state index < -0.39 is 10.0 Å². The Morgan fingerprint density at radius 3 is 2.52 bits per heavy atom. The molecule has 0 heterocycles. The topological polar surface area (TPSA) is 49.4 Å². The molecule has 1 aromatic rings. The summed E-state index contributed by atoms with van der Waals surface area (Å²) in [6.07, 6.45) is 0. The second-order valence-electron chi connectivity index (χ2n) is 5.11. The fourth-order valence-electron chi connectivity index (χ4n) is 2.16. The third-order valence-corrected chi connectivity index (χ3v) is 5.48. The van der Waals surface area contributed by atoms with Gasteiger partial charge in [-0.2, -0.15) is 4.31 Å². The minimum absolute atomic E-state index is 0.267. The van der Waals surface area contributed by atoms with Crippen molar-refractivity contribution in [2.24, 2.45) is 0 Å². The van der Waals surface area contributed by atoms with Crippen molar-refractivity contribution in [2.45, 2.75) is 32.2 Å². The van der Waals surface area contributed by atoms with E-state index in [4.69, 9.17) is 11.6 Å². The summed E-state index contributed by atoms with van der Waals surface area (Å²) in [7, 11) is -1.77. The lowest BCUT2D eigenvalue weighted by molar-refractivity contribution is 0.452. The molecule has 0 atom stereocenters. The monoisotopic (exact) mass is 330 g/mol. The second kappa shape index (κ2) is 7.40. The van der Waals surface area contributed by atoms with Crippen LogP contribution in [0, 0.1) is 6.92 Å². The molecular weight excluding hydrogens is 308 g/mol. The zero-order valence-electron chi connectivity index (χ0n) is 13.0. The maximum absolute atomic E-state index is 12.8. The molecule has 0 saturated carbocycles. The average Bonchev–Trinajstić information content (AvgIpc) is 2.39. The first-order valence-electron chi connectivity index (χ1n) is 6.82. The van der Waals surface area contributed by atoms with Gasteiger partial charge in [0.2, 0.25) is 10.0 Å². The van der Waals surface area contributed by atoms with Crippen LogP contribution in [0.5, 0.6) is 0 Å². The number of sulfonamides is 1. The molecule has 0 fully saturated rings. The van der Waals surface area contributed by atoms with Crippen LogP contribution in [-0.4, -0.2) is 32.9 Å². The number of hydrogen-bond donors (Lipinski definition) is 1. The van der Waals surface area contributed by atoms with Gasteiger partial charge in [0.1, 0.15) is 0 Å². The summed E-state index contributed by atoms with van der Waals surface area (Å²) < 4.78 is 27.1. The largest absolute Gasteiger partial charge is 0.316 e. The van der Waals surface area contributed by atoms with E-state index >= 15 is 0 Å². The first kappa shape index (κ1) is 18.2. The third kappa shape index (κ3) is 4.30. The van der Waals surface area contributed by atoms with Gasteiger partial charge >= 0.3 is 0 Å². The Bertz CT molecular complexity index is 627. The molecule has 118 valence electrons. The van der Waals surface area contributed by atoms with Crippen LogP contribution >= 0.6 is 11.6 Å². The van der Waals surface area contributed by atoms with Gasteiger partial charge in [-0.3, -0.25) is 0 Å². The van der Waals surface area contributed by atoms with Gasteiger partial charge in [0.25, 0.3) is 0 Å². The highest BCUT2D eigenvalue weighted by Crippen LogP contribution is 2.27. The number of hydrogen-bond acceptors (Lipinski definition) is 3. The second-order valence-corrected chi connectivity index (χ2v) is 7.45. The Morgan fingerprint density at radius 1 is 1.43 bits per heavy atom. The van der Waals surface area contributed by atoms with Gasteiger partial charge < -0.3 is 5.32 Å². The minimum atomic E-state index is -3.58. The predicted octanol–water partition coefficient (Wildman–Crippen LogP) is 2.95. The molecule has 1 N–H and O–H groups in total. The van der Waals surface area contributed by atoms with Crippen LogP contribution in [0.25, 0.3) is 0 Å². The number of halogens is 1. The molecule has 0 radical (unpaired) electrons. The van der Waals surface area contributed by atoms with Crippen LogP contribution in [0.4, 0.5) is 0 Å². The summed E-state index contributed by atoms with van der Waals surface area (Å²) in [5, 5.41) is 3.45. The highest BCUT2D eigenvalue weighted by molar-refractivity contribution is 7.89. The maximum Gasteiger partial charge on any atom is 0.243 e. The van der Waals surface area contributed by atoms with E-state index in [1.807, 2.05) is 27.8 Å². The summed E-state index contributed by atoms with van der Waals surface area (Å²) in [6.45, 7) is 10.5. The van der Waals surface area contributed by atoms with Gasteiger partial charge in [-0.25, -0.2) is 8.42 Å². The van der Waals surface area contributed by atoms with E-state index in [0.29, 0.717) is 24.7 Å². The van der Waals surface area contributed by atoms with E-state index in [-0.39, 0.29) is 4.90 Å². The van der Waals surface area contributed by atoms with Crippen molar-refractivity contribution in [3.63, 3.8) is 0 Å². The summed E-state index contributed by atoms with van der Waals surface area (Å²) in [5.74, 6) is 0. The van der Waals surface area contributed by atoms with Gasteiger partial charge in [0.15, 0.2) is 0 Å². The van der Waals surface area contributed by atoms with Crippen LogP contribution in [0.2, 0.25) is 5.02 Å². The molecular formula is C15H23ClN2O2S. The summed E-state index contributed by atoms with van der Waals surface area (Å²) in [5.41, 5.74) is 2.42. The van der Waals surface area contributed by atoms with Gasteiger partial charge in [-0.05, 0) is 44.2 Å². The van der Waals surface area contributed by atoms with Crippen molar-refractivity contribution < 1.29 is 8.42 Å². The summed E-state index contributed by atoms with van der Waals surface area (Å²) in [6, 6.07) is 3.31. The van der Waals surface area contributed by atoms with E-state index in [1.165, 1.54) is 10.4 Å². The van der Waals surface area contributed by atoms with Crippen LogP contribution in [-0.2, 0) is 16.6 Å². The zero-order valence-corrected chi connectivity index (χ0v) is 14.6. The molecule has 4 nitrogen and oxygen atoms in total. The first-order valence-corrected chi connectivity index (χ1v) is 8.64. The molecule has 0 unspecified atom stereocenters. The molecule has 1 rings (SSSR count). The van der Waals surface area contributed by atoms with Crippen molar-refractivity contribution in [3.8, 4) is 0 Å². The molecule has 0 aliphatic heterocycles. The van der Waals surface area contributed by atoms with Crippen LogP contribution in [0.1, 0.15) is 25.0 Å². The standard InChI is InChI=1S/C15H23ClN2O2S/c1-6-18(10-11(2)3)21(19,20)15-8-14(16)7-13(9-17-5)12(15)4/h7-8,17H,2,6,9-10H2,1,3-5H3. The van der Waals surface area contributed by atoms with Gasteiger partial charge in [0, 0.05) is 24.7 Å². The quantitative estimate of drug-likeness (QED) is 0.782. The van der Waals surface area contributed by atoms with Gasteiger partial charge in [0.05, 0.1) is 4.90 Å². The number of rotatable bonds is 7. The molecule has 0 spiro atoms. The molecule has 1 aromatic carbocycles. The Kier molecular flexibility index (Phi) is 6.41. The Hall–Kier alpha value is -0.880. The van der Waals surface area contributed by atoms with E-state index in [1.54, 1.807) is 6.07 Å². The molecule has 21 heavy (non-hydrogen) atoms. The number of nitrogens with one attached hydrogen (secondary N) is 1. The van der Waals surface area contributed by atoms with Crippen LogP contribution in [0.15, 0.2) is 29.2 Å². The van der Waals surface area contributed by atoms with Crippen molar-refractivity contribution in [1.29, 1.82) is 0 Å². The Morgan fingerprint density at radius 2 is 2.05 bits per heavy atom. The fraction of sp³-hybridized carbons (Fsp3) is 0.467. The normalized spacial score (nSPS) is 11.9. The van der Waals surface area contributed by atoms with E-state index in [9.17, 15) is 8.42 Å². The third-order valence-electron chi connectivity index (χ3n) is 3.22. The van der Waals surface area contributed by atoms with Crippen molar-refractivity contribution in [2.75, 3.05) is 20.1 Å². The maximum atomic E-state index is 12.8. The fourth-order valence-corrected chi connectivity index (χ4v) is 4.26. The lowest BCUT2D eigenvalue weighted by Crippen LogP contribution is -2.33. The van der Waals surface area contributed by atoms with Gasteiger partial charge in [-0.1, -0.05) is 30.7 Å². The summed E-state index contributed by atoms with van der Waals surface area (Å²) >= 11 is 6.09. The first-order chi connectivity index (χ1) is 9.73. The van der Waals surface area contributed by atoms with E-state index in [0.717, 1.165) is 16.7 Å². The minimum Gasteiger partial charge on any atom is -0.316 e. The van der Waals surface area contributed by atoms with Crippen LogP contribution in [0.3, 0.4) is 0 Å². The SMILES string of the molecule is C=C(C)CN(CC)S(=O)(=O)c1cc(Cl)cc(CNC)c1C.